The molecule has 2 aromatic heterocycles. The van der Waals surface area contributed by atoms with E-state index in [0.717, 1.165) is 28.2 Å². The normalized spacial score (nSPS) is 12.2. The molecule has 0 saturated heterocycles. The van der Waals surface area contributed by atoms with E-state index in [-0.39, 0.29) is 11.9 Å². The predicted molar refractivity (Wildman–Crippen MR) is 101 cm³/mol. The highest BCUT2D eigenvalue weighted by atomic mass is 16.1. The average Bonchev–Trinajstić information content (AvgIpc) is 3.23. The topological polar surface area (TPSA) is 64.7 Å². The Bertz CT molecular complexity index is 895. The van der Waals surface area contributed by atoms with E-state index in [1.807, 2.05) is 73.7 Å². The number of carbonyl (C=O) groups excluding carboxylic acids is 1. The number of rotatable bonds is 6. The number of nitrogens with zero attached hydrogens (tertiary/aromatic N) is 4. The number of nitrogens with one attached hydrogen (secondary N) is 1. The van der Waals surface area contributed by atoms with E-state index < -0.39 is 0 Å². The molecule has 3 aromatic rings. The summed E-state index contributed by atoms with van der Waals surface area (Å²) in [7, 11) is 1.93. The molecule has 3 rings (SSSR count). The summed E-state index contributed by atoms with van der Waals surface area (Å²) < 4.78 is 3.69. The number of para-hydroxylation sites is 1. The SMILES string of the molecule is Cc1nn(C)c(C)c1CCC(=O)N[C@H](C)c1ccccc1-n1cccn1. The van der Waals surface area contributed by atoms with E-state index >= 15 is 0 Å². The fourth-order valence-electron chi connectivity index (χ4n) is 3.28. The van der Waals surface area contributed by atoms with Crippen LogP contribution in [0.15, 0.2) is 42.7 Å². The smallest absolute Gasteiger partial charge is 0.220 e. The molecule has 1 atom stereocenters. The lowest BCUT2D eigenvalue weighted by molar-refractivity contribution is -0.121. The van der Waals surface area contributed by atoms with Crippen LogP contribution in [-0.2, 0) is 18.3 Å². The molecular weight excluding hydrogens is 326 g/mol. The Morgan fingerprint density at radius 2 is 2.00 bits per heavy atom. The number of aryl methyl sites for hydroxylation is 2. The summed E-state index contributed by atoms with van der Waals surface area (Å²) in [5.74, 6) is 0.0374. The zero-order valence-electron chi connectivity index (χ0n) is 15.7. The number of amides is 1. The van der Waals surface area contributed by atoms with Gasteiger partial charge in [0.05, 0.1) is 17.4 Å². The third-order valence-electron chi connectivity index (χ3n) is 4.79. The van der Waals surface area contributed by atoms with Crippen LogP contribution in [-0.4, -0.2) is 25.5 Å². The van der Waals surface area contributed by atoms with Gasteiger partial charge in [-0.15, -0.1) is 0 Å². The maximum Gasteiger partial charge on any atom is 0.220 e. The molecule has 1 amide bonds. The van der Waals surface area contributed by atoms with Gasteiger partial charge in [-0.1, -0.05) is 18.2 Å². The minimum Gasteiger partial charge on any atom is -0.349 e. The molecule has 1 N–H and O–H groups in total. The molecule has 0 bridgehead atoms. The molecule has 0 saturated carbocycles. The van der Waals surface area contributed by atoms with Crippen molar-refractivity contribution in [3.63, 3.8) is 0 Å². The Morgan fingerprint density at radius 1 is 1.23 bits per heavy atom. The fourth-order valence-corrected chi connectivity index (χ4v) is 3.28. The molecule has 6 nitrogen and oxygen atoms in total. The van der Waals surface area contributed by atoms with Crippen molar-refractivity contribution in [2.75, 3.05) is 0 Å². The molecule has 0 aliphatic carbocycles. The number of carbonyl (C=O) groups is 1. The van der Waals surface area contributed by atoms with Gasteiger partial charge in [-0.05, 0) is 50.5 Å². The summed E-state index contributed by atoms with van der Waals surface area (Å²) in [5, 5.41) is 11.8. The molecule has 6 heteroatoms. The van der Waals surface area contributed by atoms with Gasteiger partial charge in [0, 0.05) is 31.6 Å². The second-order valence-corrected chi connectivity index (χ2v) is 6.57. The molecule has 0 fully saturated rings. The average molecular weight is 351 g/mol. The van der Waals surface area contributed by atoms with Crippen LogP contribution in [0, 0.1) is 13.8 Å². The highest BCUT2D eigenvalue weighted by Crippen LogP contribution is 2.21. The van der Waals surface area contributed by atoms with Crippen LogP contribution >= 0.6 is 0 Å². The molecular formula is C20H25N5O. The highest BCUT2D eigenvalue weighted by Gasteiger charge is 2.16. The van der Waals surface area contributed by atoms with Gasteiger partial charge < -0.3 is 5.32 Å². The Balaban J connectivity index is 1.67. The summed E-state index contributed by atoms with van der Waals surface area (Å²) in [4.78, 5) is 12.5. The third-order valence-corrected chi connectivity index (χ3v) is 4.79. The van der Waals surface area contributed by atoms with Gasteiger partial charge in [-0.3, -0.25) is 9.48 Å². The lowest BCUT2D eigenvalue weighted by Gasteiger charge is -2.18. The fraction of sp³-hybridized carbons (Fsp3) is 0.350. The van der Waals surface area contributed by atoms with Crippen molar-refractivity contribution in [3.05, 3.63) is 65.2 Å². The first-order chi connectivity index (χ1) is 12.5. The maximum atomic E-state index is 12.5. The van der Waals surface area contributed by atoms with E-state index in [1.54, 1.807) is 6.20 Å². The molecule has 0 radical (unpaired) electrons. The van der Waals surface area contributed by atoms with Crippen LogP contribution in [0.1, 0.15) is 41.9 Å². The first kappa shape index (κ1) is 17.9. The molecule has 26 heavy (non-hydrogen) atoms. The lowest BCUT2D eigenvalue weighted by Crippen LogP contribution is -2.27. The van der Waals surface area contributed by atoms with Gasteiger partial charge in [-0.2, -0.15) is 10.2 Å². The van der Waals surface area contributed by atoms with Gasteiger partial charge in [0.25, 0.3) is 0 Å². The van der Waals surface area contributed by atoms with Gasteiger partial charge in [0.1, 0.15) is 0 Å². The van der Waals surface area contributed by atoms with Crippen molar-refractivity contribution < 1.29 is 4.79 Å². The lowest BCUT2D eigenvalue weighted by atomic mass is 10.0. The van der Waals surface area contributed by atoms with Crippen molar-refractivity contribution >= 4 is 5.91 Å². The summed E-state index contributed by atoms with van der Waals surface area (Å²) in [6.45, 7) is 6.03. The zero-order chi connectivity index (χ0) is 18.7. The van der Waals surface area contributed by atoms with Gasteiger partial charge in [-0.25, -0.2) is 4.68 Å². The van der Waals surface area contributed by atoms with Gasteiger partial charge >= 0.3 is 0 Å². The van der Waals surface area contributed by atoms with Crippen molar-refractivity contribution in [1.82, 2.24) is 24.9 Å². The third kappa shape index (κ3) is 3.69. The van der Waals surface area contributed by atoms with E-state index in [9.17, 15) is 4.79 Å². The Morgan fingerprint density at radius 3 is 2.65 bits per heavy atom. The van der Waals surface area contributed by atoms with Crippen LogP contribution in [0.2, 0.25) is 0 Å². The van der Waals surface area contributed by atoms with Gasteiger partial charge in [0.15, 0.2) is 0 Å². The van der Waals surface area contributed by atoms with E-state index in [4.69, 9.17) is 0 Å². The first-order valence-corrected chi connectivity index (χ1v) is 8.84. The van der Waals surface area contributed by atoms with Crippen molar-refractivity contribution in [3.8, 4) is 5.69 Å². The second kappa shape index (κ2) is 7.56. The largest absolute Gasteiger partial charge is 0.349 e. The molecule has 1 aromatic carbocycles. The number of benzene rings is 1. The number of aromatic nitrogens is 4. The van der Waals surface area contributed by atoms with Crippen LogP contribution in [0.4, 0.5) is 0 Å². The Hall–Kier alpha value is -2.89. The second-order valence-electron chi connectivity index (χ2n) is 6.57. The summed E-state index contributed by atoms with van der Waals surface area (Å²) in [6.07, 6.45) is 4.80. The van der Waals surface area contributed by atoms with Crippen LogP contribution in [0.25, 0.3) is 5.69 Å². The standard InChI is InChI=1S/C20H25N5O/c1-14(18-8-5-6-9-19(18)25-13-7-12-21-25)22-20(26)11-10-17-15(2)23-24(4)16(17)3/h5-9,12-14H,10-11H2,1-4H3,(H,22,26)/t14-/m1/s1. The van der Waals surface area contributed by atoms with Crippen LogP contribution in [0.5, 0.6) is 0 Å². The van der Waals surface area contributed by atoms with E-state index in [2.05, 4.69) is 15.5 Å². The van der Waals surface area contributed by atoms with Crippen LogP contribution in [0.3, 0.4) is 0 Å². The minimum atomic E-state index is -0.0982. The molecule has 2 heterocycles. The molecule has 0 unspecified atom stereocenters. The molecule has 0 aliphatic rings. The van der Waals surface area contributed by atoms with E-state index in [0.29, 0.717) is 12.8 Å². The van der Waals surface area contributed by atoms with Gasteiger partial charge in [0.2, 0.25) is 5.91 Å². The number of hydrogen-bond donors (Lipinski definition) is 1. The monoisotopic (exact) mass is 351 g/mol. The predicted octanol–water partition coefficient (Wildman–Crippen LogP) is 3.03. The van der Waals surface area contributed by atoms with Crippen molar-refractivity contribution in [2.45, 2.75) is 39.7 Å². The first-order valence-electron chi connectivity index (χ1n) is 8.84. The van der Waals surface area contributed by atoms with Crippen molar-refractivity contribution in [1.29, 1.82) is 0 Å². The Kier molecular flexibility index (Phi) is 5.21. The van der Waals surface area contributed by atoms with E-state index in [1.165, 1.54) is 0 Å². The zero-order valence-corrected chi connectivity index (χ0v) is 15.7. The van der Waals surface area contributed by atoms with Crippen molar-refractivity contribution in [2.24, 2.45) is 7.05 Å². The summed E-state index contributed by atoms with van der Waals surface area (Å²) in [5.41, 5.74) is 5.29. The quantitative estimate of drug-likeness (QED) is 0.742. The highest BCUT2D eigenvalue weighted by molar-refractivity contribution is 5.77. The minimum absolute atomic E-state index is 0.0374. The summed E-state index contributed by atoms with van der Waals surface area (Å²) >= 11 is 0. The maximum absolute atomic E-state index is 12.5. The molecule has 0 spiro atoms. The molecule has 0 aliphatic heterocycles. The summed E-state index contributed by atoms with van der Waals surface area (Å²) in [6, 6.07) is 9.78. The van der Waals surface area contributed by atoms with Crippen LogP contribution < -0.4 is 5.32 Å². The molecule has 136 valence electrons. The number of hydrogen-bond acceptors (Lipinski definition) is 3. The Labute approximate surface area is 153 Å².